The zero-order chi connectivity index (χ0) is 18.7. The van der Waals surface area contributed by atoms with Crippen molar-refractivity contribution in [3.05, 3.63) is 64.2 Å². The zero-order valence-corrected chi connectivity index (χ0v) is 15.5. The summed E-state index contributed by atoms with van der Waals surface area (Å²) >= 11 is 0. The lowest BCUT2D eigenvalue weighted by atomic mass is 10.1. The lowest BCUT2D eigenvalue weighted by Gasteiger charge is -2.13. The molecule has 1 saturated carbocycles. The Kier molecular flexibility index (Phi) is 5.26. The lowest BCUT2D eigenvalue weighted by molar-refractivity contribution is 0.0951. The second-order valence-corrected chi connectivity index (χ2v) is 7.02. The van der Waals surface area contributed by atoms with E-state index in [0.717, 1.165) is 29.5 Å². The molecule has 5 heteroatoms. The van der Waals surface area contributed by atoms with Crippen molar-refractivity contribution in [2.24, 2.45) is 0 Å². The van der Waals surface area contributed by atoms with Crippen LogP contribution < -0.4 is 16.0 Å². The van der Waals surface area contributed by atoms with Gasteiger partial charge in [-0.1, -0.05) is 29.8 Å². The van der Waals surface area contributed by atoms with E-state index in [1.165, 1.54) is 5.56 Å². The minimum Gasteiger partial charge on any atom is -0.349 e. The average Bonchev–Trinajstić information content (AvgIpc) is 3.40. The van der Waals surface area contributed by atoms with Crippen LogP contribution >= 0.6 is 0 Å². The molecule has 0 atom stereocenters. The summed E-state index contributed by atoms with van der Waals surface area (Å²) < 4.78 is 0. The summed E-state index contributed by atoms with van der Waals surface area (Å²) in [7, 11) is 0. The molecule has 0 aliphatic heterocycles. The van der Waals surface area contributed by atoms with E-state index < -0.39 is 0 Å². The van der Waals surface area contributed by atoms with Gasteiger partial charge in [0.1, 0.15) is 0 Å². The fourth-order valence-electron chi connectivity index (χ4n) is 2.78. The smallest absolute Gasteiger partial charge is 0.319 e. The van der Waals surface area contributed by atoms with Crippen LogP contribution in [0.2, 0.25) is 0 Å². The Balaban J connectivity index is 1.61. The average molecular weight is 351 g/mol. The van der Waals surface area contributed by atoms with E-state index in [-0.39, 0.29) is 11.9 Å². The second kappa shape index (κ2) is 7.60. The van der Waals surface area contributed by atoms with Crippen LogP contribution in [0.1, 0.15) is 45.5 Å². The van der Waals surface area contributed by atoms with Gasteiger partial charge >= 0.3 is 6.03 Å². The number of rotatable bonds is 5. The Hall–Kier alpha value is -2.82. The predicted molar refractivity (Wildman–Crippen MR) is 103 cm³/mol. The van der Waals surface area contributed by atoms with E-state index in [9.17, 15) is 9.59 Å². The van der Waals surface area contributed by atoms with Gasteiger partial charge in [0.05, 0.1) is 0 Å². The Labute approximate surface area is 154 Å². The van der Waals surface area contributed by atoms with E-state index in [0.29, 0.717) is 23.8 Å². The van der Waals surface area contributed by atoms with Crippen molar-refractivity contribution >= 4 is 17.6 Å². The van der Waals surface area contributed by atoms with Crippen molar-refractivity contribution < 1.29 is 9.59 Å². The standard InChI is InChI=1S/C21H25N3O2/c1-13-4-6-17(15(3)10-13)12-22-21(26)24-19-11-16(7-5-14(19)2)20(25)23-18-8-9-18/h4-7,10-11,18H,8-9,12H2,1-3H3,(H,23,25)(H2,22,24,26). The van der Waals surface area contributed by atoms with Crippen LogP contribution in [-0.2, 0) is 6.54 Å². The number of urea groups is 1. The first-order valence-electron chi connectivity index (χ1n) is 8.95. The third-order valence-corrected chi connectivity index (χ3v) is 4.60. The summed E-state index contributed by atoms with van der Waals surface area (Å²) in [5.74, 6) is -0.0914. The lowest BCUT2D eigenvalue weighted by Crippen LogP contribution is -2.29. The first-order valence-corrected chi connectivity index (χ1v) is 8.95. The summed E-state index contributed by atoms with van der Waals surface area (Å²) in [5.41, 5.74) is 5.56. The quantitative estimate of drug-likeness (QED) is 0.766. The van der Waals surface area contributed by atoms with Crippen molar-refractivity contribution in [3.8, 4) is 0 Å². The fourth-order valence-corrected chi connectivity index (χ4v) is 2.78. The molecule has 0 aromatic heterocycles. The molecule has 0 radical (unpaired) electrons. The van der Waals surface area contributed by atoms with Crippen LogP contribution in [0.3, 0.4) is 0 Å². The van der Waals surface area contributed by atoms with Gasteiger partial charge in [0.15, 0.2) is 0 Å². The molecule has 1 aliphatic rings. The molecule has 3 rings (SSSR count). The van der Waals surface area contributed by atoms with Crippen LogP contribution in [-0.4, -0.2) is 18.0 Å². The third-order valence-electron chi connectivity index (χ3n) is 4.60. The van der Waals surface area contributed by atoms with E-state index in [2.05, 4.69) is 22.0 Å². The Morgan fingerprint density at radius 1 is 1.00 bits per heavy atom. The van der Waals surface area contributed by atoms with Gasteiger partial charge in [-0.05, 0) is 62.4 Å². The number of aryl methyl sites for hydroxylation is 3. The molecule has 136 valence electrons. The molecule has 2 aromatic rings. The topological polar surface area (TPSA) is 70.2 Å². The molecule has 0 saturated heterocycles. The molecule has 0 bridgehead atoms. The Bertz CT molecular complexity index is 841. The van der Waals surface area contributed by atoms with Crippen molar-refractivity contribution in [2.75, 3.05) is 5.32 Å². The second-order valence-electron chi connectivity index (χ2n) is 7.02. The van der Waals surface area contributed by atoms with E-state index in [1.54, 1.807) is 12.1 Å². The summed E-state index contributed by atoms with van der Waals surface area (Å²) in [6, 6.07) is 11.5. The molecule has 3 N–H and O–H groups in total. The minimum absolute atomic E-state index is 0.0914. The molecule has 0 unspecified atom stereocenters. The number of hydrogen-bond acceptors (Lipinski definition) is 2. The summed E-state index contributed by atoms with van der Waals surface area (Å²) in [5, 5.41) is 8.68. The molecule has 26 heavy (non-hydrogen) atoms. The maximum atomic E-state index is 12.3. The summed E-state index contributed by atoms with van der Waals surface area (Å²) in [4.78, 5) is 24.4. The highest BCUT2D eigenvalue weighted by atomic mass is 16.2. The molecule has 1 aliphatic carbocycles. The highest BCUT2D eigenvalue weighted by Gasteiger charge is 2.24. The Morgan fingerprint density at radius 3 is 2.46 bits per heavy atom. The largest absolute Gasteiger partial charge is 0.349 e. The first kappa shape index (κ1) is 18.0. The summed E-state index contributed by atoms with van der Waals surface area (Å²) in [6.07, 6.45) is 2.09. The molecule has 3 amide bonds. The highest BCUT2D eigenvalue weighted by Crippen LogP contribution is 2.21. The van der Waals surface area contributed by atoms with Gasteiger partial charge in [0.25, 0.3) is 5.91 Å². The van der Waals surface area contributed by atoms with E-state index in [4.69, 9.17) is 0 Å². The SMILES string of the molecule is Cc1ccc(CNC(=O)Nc2cc(C(=O)NC3CC3)ccc2C)c(C)c1. The highest BCUT2D eigenvalue weighted by molar-refractivity contribution is 5.97. The van der Waals surface area contributed by atoms with Gasteiger partial charge in [-0.25, -0.2) is 4.79 Å². The molecule has 0 spiro atoms. The fraction of sp³-hybridized carbons (Fsp3) is 0.333. The van der Waals surface area contributed by atoms with Gasteiger partial charge < -0.3 is 16.0 Å². The number of benzene rings is 2. The molecule has 2 aromatic carbocycles. The van der Waals surface area contributed by atoms with Crippen molar-refractivity contribution in [1.82, 2.24) is 10.6 Å². The first-order chi connectivity index (χ1) is 12.4. The van der Waals surface area contributed by atoms with E-state index >= 15 is 0 Å². The maximum Gasteiger partial charge on any atom is 0.319 e. The van der Waals surface area contributed by atoms with Crippen molar-refractivity contribution in [3.63, 3.8) is 0 Å². The molecule has 5 nitrogen and oxygen atoms in total. The Morgan fingerprint density at radius 2 is 1.77 bits per heavy atom. The van der Waals surface area contributed by atoms with E-state index in [1.807, 2.05) is 39.0 Å². The summed E-state index contributed by atoms with van der Waals surface area (Å²) in [6.45, 7) is 6.45. The van der Waals surface area contributed by atoms with Gasteiger partial charge in [-0.15, -0.1) is 0 Å². The van der Waals surface area contributed by atoms with Gasteiger partial charge in [-0.3, -0.25) is 4.79 Å². The van der Waals surface area contributed by atoms with Gasteiger partial charge in [-0.2, -0.15) is 0 Å². The number of amides is 3. The molecule has 0 heterocycles. The van der Waals surface area contributed by atoms with Crippen LogP contribution in [0.15, 0.2) is 36.4 Å². The van der Waals surface area contributed by atoms with Crippen LogP contribution in [0.5, 0.6) is 0 Å². The van der Waals surface area contributed by atoms with Crippen molar-refractivity contribution in [2.45, 2.75) is 46.2 Å². The number of hydrogen-bond donors (Lipinski definition) is 3. The van der Waals surface area contributed by atoms with Crippen LogP contribution in [0.4, 0.5) is 10.5 Å². The number of carbonyl (C=O) groups excluding carboxylic acids is 2. The molecule has 1 fully saturated rings. The minimum atomic E-state index is -0.284. The molecular formula is C21H25N3O2. The van der Waals surface area contributed by atoms with Gasteiger partial charge in [0.2, 0.25) is 0 Å². The maximum absolute atomic E-state index is 12.3. The van der Waals surface area contributed by atoms with Crippen molar-refractivity contribution in [1.29, 1.82) is 0 Å². The predicted octanol–water partition coefficient (Wildman–Crippen LogP) is 3.83. The van der Waals surface area contributed by atoms with Crippen LogP contribution in [0.25, 0.3) is 0 Å². The number of carbonyl (C=O) groups is 2. The number of anilines is 1. The molecular weight excluding hydrogens is 326 g/mol. The zero-order valence-electron chi connectivity index (χ0n) is 15.5. The third kappa shape index (κ3) is 4.63. The monoisotopic (exact) mass is 351 g/mol. The number of nitrogens with one attached hydrogen (secondary N) is 3. The van der Waals surface area contributed by atoms with Gasteiger partial charge in [0, 0.05) is 23.8 Å². The van der Waals surface area contributed by atoms with Crippen LogP contribution in [0, 0.1) is 20.8 Å². The normalized spacial score (nSPS) is 13.2.